The summed E-state index contributed by atoms with van der Waals surface area (Å²) < 4.78 is 37.3. The maximum Gasteiger partial charge on any atom is 0.416 e. The summed E-state index contributed by atoms with van der Waals surface area (Å²) in [5, 5.41) is 10.0. The summed E-state index contributed by atoms with van der Waals surface area (Å²) in [6.07, 6.45) is -1.58. The first-order chi connectivity index (χ1) is 8.97. The van der Waals surface area contributed by atoms with Crippen LogP contribution in [0.15, 0.2) is 24.3 Å². The number of piperidine rings is 1. The Morgan fingerprint density at radius 1 is 1.05 bits per heavy atom. The lowest BCUT2D eigenvalue weighted by molar-refractivity contribution is -0.137. The van der Waals surface area contributed by atoms with Crippen molar-refractivity contribution in [3.63, 3.8) is 0 Å². The number of β-amino-alcohol motifs (C(OH)–C–C–N with tert-alkyl or cyclic N) is 1. The van der Waals surface area contributed by atoms with Gasteiger partial charge in [0.2, 0.25) is 0 Å². The molecule has 2 rings (SSSR count). The van der Waals surface area contributed by atoms with E-state index in [9.17, 15) is 18.3 Å². The highest BCUT2D eigenvalue weighted by Crippen LogP contribution is 2.30. The predicted molar refractivity (Wildman–Crippen MR) is 66.7 cm³/mol. The molecule has 1 aliphatic rings. The summed E-state index contributed by atoms with van der Waals surface area (Å²) in [5.41, 5.74) is -0.139. The molecule has 1 aromatic carbocycles. The molecule has 106 valence electrons. The van der Waals surface area contributed by atoms with Gasteiger partial charge in [0.15, 0.2) is 0 Å². The lowest BCUT2D eigenvalue weighted by Gasteiger charge is -2.28. The molecular formula is C14H18F3NO. The molecule has 1 atom stereocenters. The van der Waals surface area contributed by atoms with Crippen molar-refractivity contribution in [2.75, 3.05) is 19.6 Å². The van der Waals surface area contributed by atoms with Gasteiger partial charge >= 0.3 is 6.18 Å². The van der Waals surface area contributed by atoms with Gasteiger partial charge in [0.05, 0.1) is 11.7 Å². The second-order valence-corrected chi connectivity index (χ2v) is 5.00. The first-order valence-corrected chi connectivity index (χ1v) is 6.54. The fraction of sp³-hybridized carbons (Fsp3) is 0.571. The molecule has 1 aromatic rings. The molecule has 0 spiro atoms. The van der Waals surface area contributed by atoms with Crippen LogP contribution >= 0.6 is 0 Å². The van der Waals surface area contributed by atoms with E-state index in [2.05, 4.69) is 4.90 Å². The summed E-state index contributed by atoms with van der Waals surface area (Å²) in [4.78, 5) is 2.16. The number of alkyl halides is 3. The van der Waals surface area contributed by atoms with Crippen LogP contribution in [0.3, 0.4) is 0 Å². The molecule has 1 aliphatic heterocycles. The number of benzene rings is 1. The van der Waals surface area contributed by atoms with E-state index in [-0.39, 0.29) is 0 Å². The summed E-state index contributed by atoms with van der Waals surface area (Å²) >= 11 is 0. The van der Waals surface area contributed by atoms with E-state index >= 15 is 0 Å². The minimum atomic E-state index is -4.32. The number of nitrogens with zero attached hydrogens (tertiary/aromatic N) is 1. The van der Waals surface area contributed by atoms with E-state index in [1.807, 2.05) is 0 Å². The van der Waals surface area contributed by atoms with E-state index in [0.29, 0.717) is 12.1 Å². The van der Waals surface area contributed by atoms with E-state index in [4.69, 9.17) is 0 Å². The van der Waals surface area contributed by atoms with Crippen LogP contribution in [0, 0.1) is 0 Å². The zero-order valence-electron chi connectivity index (χ0n) is 10.7. The third kappa shape index (κ3) is 3.94. The van der Waals surface area contributed by atoms with Crippen molar-refractivity contribution in [2.24, 2.45) is 0 Å². The lowest BCUT2D eigenvalue weighted by atomic mass is 10.0. The number of hydrogen-bond donors (Lipinski definition) is 1. The summed E-state index contributed by atoms with van der Waals surface area (Å²) in [6, 6.07) is 4.76. The number of aliphatic hydroxyl groups excluding tert-OH is 1. The molecule has 0 bridgehead atoms. The Morgan fingerprint density at radius 2 is 1.63 bits per heavy atom. The third-order valence-corrected chi connectivity index (χ3v) is 3.50. The van der Waals surface area contributed by atoms with Crippen LogP contribution < -0.4 is 0 Å². The summed E-state index contributed by atoms with van der Waals surface area (Å²) in [7, 11) is 0. The average molecular weight is 273 g/mol. The Bertz CT molecular complexity index is 396. The van der Waals surface area contributed by atoms with Crippen LogP contribution in [0.25, 0.3) is 0 Å². The van der Waals surface area contributed by atoms with Gasteiger partial charge in [0.25, 0.3) is 0 Å². The van der Waals surface area contributed by atoms with Crippen LogP contribution in [-0.2, 0) is 6.18 Å². The van der Waals surface area contributed by atoms with E-state index < -0.39 is 17.8 Å². The second-order valence-electron chi connectivity index (χ2n) is 5.00. The molecule has 1 heterocycles. The highest BCUT2D eigenvalue weighted by molar-refractivity contribution is 5.26. The maximum atomic E-state index is 12.4. The van der Waals surface area contributed by atoms with Crippen molar-refractivity contribution in [1.29, 1.82) is 0 Å². The predicted octanol–water partition coefficient (Wildman–Crippen LogP) is 3.22. The van der Waals surface area contributed by atoms with Gasteiger partial charge in [0.1, 0.15) is 0 Å². The number of likely N-dealkylation sites (tertiary alicyclic amines) is 1. The highest BCUT2D eigenvalue weighted by Gasteiger charge is 2.30. The largest absolute Gasteiger partial charge is 0.416 e. The Morgan fingerprint density at radius 3 is 2.16 bits per heavy atom. The molecule has 0 amide bonds. The van der Waals surface area contributed by atoms with Gasteiger partial charge in [-0.3, -0.25) is 0 Å². The molecule has 1 fully saturated rings. The minimum absolute atomic E-state index is 0.491. The molecule has 0 aromatic heterocycles. The van der Waals surface area contributed by atoms with Crippen LogP contribution in [0.5, 0.6) is 0 Å². The van der Waals surface area contributed by atoms with Gasteiger partial charge < -0.3 is 10.0 Å². The fourth-order valence-corrected chi connectivity index (χ4v) is 2.39. The third-order valence-electron chi connectivity index (χ3n) is 3.50. The van der Waals surface area contributed by atoms with Crippen molar-refractivity contribution in [2.45, 2.75) is 31.5 Å². The summed E-state index contributed by atoms with van der Waals surface area (Å²) in [6.45, 7) is 2.40. The Balaban J connectivity index is 1.97. The van der Waals surface area contributed by atoms with Crippen molar-refractivity contribution < 1.29 is 18.3 Å². The van der Waals surface area contributed by atoms with Gasteiger partial charge in [-0.1, -0.05) is 18.6 Å². The highest BCUT2D eigenvalue weighted by atomic mass is 19.4. The first-order valence-electron chi connectivity index (χ1n) is 6.54. The zero-order valence-corrected chi connectivity index (χ0v) is 10.7. The van der Waals surface area contributed by atoms with Crippen molar-refractivity contribution in [1.82, 2.24) is 4.90 Å². The van der Waals surface area contributed by atoms with Crippen LogP contribution in [0.4, 0.5) is 13.2 Å². The molecule has 1 N–H and O–H groups in total. The Hall–Kier alpha value is -1.07. The van der Waals surface area contributed by atoms with E-state index in [1.165, 1.54) is 18.6 Å². The molecule has 5 heteroatoms. The maximum absolute atomic E-state index is 12.4. The molecule has 0 radical (unpaired) electrons. The number of aliphatic hydroxyl groups is 1. The average Bonchev–Trinajstić information content (AvgIpc) is 2.39. The van der Waals surface area contributed by atoms with Gasteiger partial charge in [-0.05, 0) is 43.6 Å². The fourth-order valence-electron chi connectivity index (χ4n) is 2.39. The lowest BCUT2D eigenvalue weighted by Crippen LogP contribution is -2.33. The topological polar surface area (TPSA) is 23.5 Å². The minimum Gasteiger partial charge on any atom is -0.387 e. The Labute approximate surface area is 110 Å². The number of halogens is 3. The monoisotopic (exact) mass is 273 g/mol. The van der Waals surface area contributed by atoms with Crippen molar-refractivity contribution in [3.05, 3.63) is 35.4 Å². The van der Waals surface area contributed by atoms with E-state index in [0.717, 1.165) is 38.1 Å². The quantitative estimate of drug-likeness (QED) is 0.914. The van der Waals surface area contributed by atoms with Crippen molar-refractivity contribution >= 4 is 0 Å². The van der Waals surface area contributed by atoms with Crippen LogP contribution in [0.1, 0.15) is 36.5 Å². The molecule has 0 aliphatic carbocycles. The molecule has 2 nitrogen and oxygen atoms in total. The van der Waals surface area contributed by atoms with Gasteiger partial charge in [-0.2, -0.15) is 13.2 Å². The molecule has 0 saturated carbocycles. The zero-order chi connectivity index (χ0) is 13.9. The second kappa shape index (κ2) is 5.92. The normalized spacial score (nSPS) is 19.4. The summed E-state index contributed by atoms with van der Waals surface area (Å²) in [5.74, 6) is 0. The number of hydrogen-bond acceptors (Lipinski definition) is 2. The molecule has 19 heavy (non-hydrogen) atoms. The van der Waals surface area contributed by atoms with Gasteiger partial charge in [-0.25, -0.2) is 0 Å². The van der Waals surface area contributed by atoms with Crippen LogP contribution in [0.2, 0.25) is 0 Å². The molecular weight excluding hydrogens is 255 g/mol. The molecule has 1 unspecified atom stereocenters. The SMILES string of the molecule is OC(CN1CCCCC1)c1ccc(C(F)(F)F)cc1. The molecule has 1 saturated heterocycles. The van der Waals surface area contributed by atoms with Crippen LogP contribution in [-0.4, -0.2) is 29.6 Å². The first kappa shape index (κ1) is 14.3. The number of rotatable bonds is 3. The van der Waals surface area contributed by atoms with Gasteiger partial charge in [-0.15, -0.1) is 0 Å². The van der Waals surface area contributed by atoms with Gasteiger partial charge in [0, 0.05) is 6.54 Å². The standard InChI is InChI=1S/C14H18F3NO/c15-14(16,17)12-6-4-11(5-7-12)13(19)10-18-8-2-1-3-9-18/h4-7,13,19H,1-3,8-10H2. The van der Waals surface area contributed by atoms with Crippen molar-refractivity contribution in [3.8, 4) is 0 Å². The Kier molecular flexibility index (Phi) is 4.47. The smallest absolute Gasteiger partial charge is 0.387 e. The van der Waals surface area contributed by atoms with E-state index in [1.54, 1.807) is 0 Å².